The molecule has 2 rings (SSSR count). The number of benzene rings is 2. The van der Waals surface area contributed by atoms with Gasteiger partial charge >= 0.3 is 0 Å². The van der Waals surface area contributed by atoms with Crippen LogP contribution in [0.5, 0.6) is 0 Å². The average molecular weight is 261 g/mol. The molecule has 1 atom stereocenters. The Morgan fingerprint density at radius 2 is 1.74 bits per heavy atom. The zero-order chi connectivity index (χ0) is 13.7. The van der Waals surface area contributed by atoms with E-state index in [1.165, 1.54) is 24.3 Å². The van der Waals surface area contributed by atoms with Crippen molar-refractivity contribution in [1.82, 2.24) is 5.32 Å². The minimum absolute atomic E-state index is 0.0335. The predicted octanol–water partition coefficient (Wildman–Crippen LogP) is 3.86. The molecule has 0 aliphatic rings. The van der Waals surface area contributed by atoms with Crippen molar-refractivity contribution < 1.29 is 8.78 Å². The zero-order valence-electron chi connectivity index (χ0n) is 10.9. The SMILES string of the molecule is CCNC(Cc1ccc(F)cc1)c1cccc(F)c1. The first-order chi connectivity index (χ1) is 9.19. The summed E-state index contributed by atoms with van der Waals surface area (Å²) in [5, 5.41) is 3.33. The van der Waals surface area contributed by atoms with E-state index in [0.717, 1.165) is 17.7 Å². The molecule has 0 aliphatic heterocycles. The van der Waals surface area contributed by atoms with Gasteiger partial charge in [0.2, 0.25) is 0 Å². The van der Waals surface area contributed by atoms with Crippen LogP contribution in [0.25, 0.3) is 0 Å². The molecule has 19 heavy (non-hydrogen) atoms. The van der Waals surface area contributed by atoms with Crippen molar-refractivity contribution in [3.05, 3.63) is 71.3 Å². The fourth-order valence-electron chi connectivity index (χ4n) is 2.13. The van der Waals surface area contributed by atoms with Gasteiger partial charge in [0.15, 0.2) is 0 Å². The van der Waals surface area contributed by atoms with E-state index < -0.39 is 0 Å². The standard InChI is InChI=1S/C16H17F2N/c1-2-19-16(13-4-3-5-15(18)11-13)10-12-6-8-14(17)9-7-12/h3-9,11,16,19H,2,10H2,1H3. The minimum Gasteiger partial charge on any atom is -0.310 e. The Morgan fingerprint density at radius 1 is 1.00 bits per heavy atom. The monoisotopic (exact) mass is 261 g/mol. The lowest BCUT2D eigenvalue weighted by molar-refractivity contribution is 0.542. The van der Waals surface area contributed by atoms with Crippen molar-refractivity contribution in [2.45, 2.75) is 19.4 Å². The molecule has 2 aromatic rings. The number of hydrogen-bond acceptors (Lipinski definition) is 1. The van der Waals surface area contributed by atoms with Crippen molar-refractivity contribution in [2.75, 3.05) is 6.54 Å². The highest BCUT2D eigenvalue weighted by molar-refractivity contribution is 5.24. The number of hydrogen-bond donors (Lipinski definition) is 1. The van der Waals surface area contributed by atoms with E-state index in [1.807, 2.05) is 13.0 Å². The summed E-state index contributed by atoms with van der Waals surface area (Å²) in [4.78, 5) is 0. The van der Waals surface area contributed by atoms with E-state index in [0.29, 0.717) is 6.42 Å². The van der Waals surface area contributed by atoms with Gasteiger partial charge in [-0.25, -0.2) is 8.78 Å². The molecule has 0 spiro atoms. The third-order valence-corrected chi connectivity index (χ3v) is 3.05. The lowest BCUT2D eigenvalue weighted by Crippen LogP contribution is -2.23. The lowest BCUT2D eigenvalue weighted by Gasteiger charge is -2.18. The number of rotatable bonds is 5. The summed E-state index contributed by atoms with van der Waals surface area (Å²) in [6, 6.07) is 13.0. The number of halogens is 2. The third kappa shape index (κ3) is 3.86. The third-order valence-electron chi connectivity index (χ3n) is 3.05. The van der Waals surface area contributed by atoms with Crippen molar-refractivity contribution in [2.24, 2.45) is 0 Å². The summed E-state index contributed by atoms with van der Waals surface area (Å²) < 4.78 is 26.2. The number of nitrogens with one attached hydrogen (secondary N) is 1. The van der Waals surface area contributed by atoms with E-state index >= 15 is 0 Å². The van der Waals surface area contributed by atoms with E-state index in [9.17, 15) is 8.78 Å². The Morgan fingerprint density at radius 3 is 2.37 bits per heavy atom. The Kier molecular flexibility index (Phi) is 4.63. The van der Waals surface area contributed by atoms with E-state index in [-0.39, 0.29) is 17.7 Å². The number of likely N-dealkylation sites (N-methyl/N-ethyl adjacent to an activating group) is 1. The Labute approximate surface area is 112 Å². The molecule has 1 unspecified atom stereocenters. The van der Waals surface area contributed by atoms with Gasteiger partial charge in [0.05, 0.1) is 0 Å². The largest absolute Gasteiger partial charge is 0.310 e. The summed E-state index contributed by atoms with van der Waals surface area (Å²) in [6.45, 7) is 2.80. The van der Waals surface area contributed by atoms with Crippen LogP contribution in [0, 0.1) is 11.6 Å². The van der Waals surface area contributed by atoms with Gasteiger partial charge in [0.1, 0.15) is 11.6 Å². The topological polar surface area (TPSA) is 12.0 Å². The first-order valence-corrected chi connectivity index (χ1v) is 6.42. The molecule has 3 heteroatoms. The predicted molar refractivity (Wildman–Crippen MR) is 72.9 cm³/mol. The molecule has 0 bridgehead atoms. The highest BCUT2D eigenvalue weighted by Crippen LogP contribution is 2.19. The van der Waals surface area contributed by atoms with E-state index in [4.69, 9.17) is 0 Å². The maximum Gasteiger partial charge on any atom is 0.123 e. The van der Waals surface area contributed by atoms with Crippen LogP contribution in [0.3, 0.4) is 0 Å². The molecule has 1 nitrogen and oxygen atoms in total. The van der Waals surface area contributed by atoms with Crippen molar-refractivity contribution in [3.63, 3.8) is 0 Å². The molecule has 0 fully saturated rings. The van der Waals surface area contributed by atoms with Crippen LogP contribution in [0.1, 0.15) is 24.1 Å². The molecule has 100 valence electrons. The van der Waals surface area contributed by atoms with Crippen LogP contribution >= 0.6 is 0 Å². The second-order valence-corrected chi connectivity index (χ2v) is 4.50. The fraction of sp³-hybridized carbons (Fsp3) is 0.250. The second kappa shape index (κ2) is 6.43. The van der Waals surface area contributed by atoms with Crippen molar-refractivity contribution >= 4 is 0 Å². The Bertz CT molecular complexity index is 523. The van der Waals surface area contributed by atoms with Gasteiger partial charge in [-0.15, -0.1) is 0 Å². The summed E-state index contributed by atoms with van der Waals surface area (Å²) in [5.74, 6) is -0.478. The maximum atomic E-state index is 13.3. The van der Waals surface area contributed by atoms with Gasteiger partial charge in [-0.1, -0.05) is 31.2 Å². The molecule has 0 aliphatic carbocycles. The van der Waals surface area contributed by atoms with Gasteiger partial charge < -0.3 is 5.32 Å². The molecule has 0 saturated carbocycles. The van der Waals surface area contributed by atoms with Crippen molar-refractivity contribution in [3.8, 4) is 0 Å². The molecule has 0 amide bonds. The first-order valence-electron chi connectivity index (χ1n) is 6.42. The van der Waals surface area contributed by atoms with Gasteiger partial charge in [-0.05, 0) is 48.4 Å². The average Bonchev–Trinajstić information content (AvgIpc) is 2.41. The summed E-state index contributed by atoms with van der Waals surface area (Å²) in [6.07, 6.45) is 0.706. The quantitative estimate of drug-likeness (QED) is 0.861. The molecule has 2 aromatic carbocycles. The molecular weight excluding hydrogens is 244 g/mol. The molecule has 0 aromatic heterocycles. The van der Waals surface area contributed by atoms with Gasteiger partial charge in [0.25, 0.3) is 0 Å². The Balaban J connectivity index is 2.18. The molecule has 0 saturated heterocycles. The van der Waals surface area contributed by atoms with Crippen LogP contribution in [-0.4, -0.2) is 6.54 Å². The van der Waals surface area contributed by atoms with Crippen LogP contribution in [0.4, 0.5) is 8.78 Å². The molecular formula is C16H17F2N. The summed E-state index contributed by atoms with van der Waals surface area (Å²) >= 11 is 0. The van der Waals surface area contributed by atoms with E-state index in [2.05, 4.69) is 5.32 Å². The fourth-order valence-corrected chi connectivity index (χ4v) is 2.13. The van der Waals surface area contributed by atoms with Gasteiger partial charge in [0, 0.05) is 6.04 Å². The second-order valence-electron chi connectivity index (χ2n) is 4.50. The smallest absolute Gasteiger partial charge is 0.123 e. The molecule has 0 heterocycles. The lowest BCUT2D eigenvalue weighted by atomic mass is 9.98. The Hall–Kier alpha value is -1.74. The summed E-state index contributed by atoms with van der Waals surface area (Å²) in [7, 11) is 0. The van der Waals surface area contributed by atoms with Crippen LogP contribution in [0.2, 0.25) is 0 Å². The normalized spacial score (nSPS) is 12.4. The van der Waals surface area contributed by atoms with E-state index in [1.54, 1.807) is 18.2 Å². The van der Waals surface area contributed by atoms with Gasteiger partial charge in [-0.3, -0.25) is 0 Å². The van der Waals surface area contributed by atoms with Crippen molar-refractivity contribution in [1.29, 1.82) is 0 Å². The van der Waals surface area contributed by atoms with Crippen LogP contribution < -0.4 is 5.32 Å². The van der Waals surface area contributed by atoms with Gasteiger partial charge in [-0.2, -0.15) is 0 Å². The zero-order valence-corrected chi connectivity index (χ0v) is 10.9. The first kappa shape index (κ1) is 13.7. The highest BCUT2D eigenvalue weighted by atomic mass is 19.1. The minimum atomic E-state index is -0.241. The molecule has 0 radical (unpaired) electrons. The van der Waals surface area contributed by atoms with Crippen LogP contribution in [0.15, 0.2) is 48.5 Å². The maximum absolute atomic E-state index is 13.3. The highest BCUT2D eigenvalue weighted by Gasteiger charge is 2.11. The summed E-state index contributed by atoms with van der Waals surface area (Å²) in [5.41, 5.74) is 1.93. The van der Waals surface area contributed by atoms with Crippen LogP contribution in [-0.2, 0) is 6.42 Å². The molecule has 1 N–H and O–H groups in total.